The summed E-state index contributed by atoms with van der Waals surface area (Å²) in [5.41, 5.74) is 0.139. The molecule has 5 nitrogen and oxygen atoms in total. The van der Waals surface area contributed by atoms with E-state index < -0.39 is 5.97 Å². The lowest BCUT2D eigenvalue weighted by Crippen LogP contribution is -2.40. The van der Waals surface area contributed by atoms with Gasteiger partial charge in [0, 0.05) is 6.04 Å². The number of aromatic carboxylic acids is 1. The summed E-state index contributed by atoms with van der Waals surface area (Å²) in [6.07, 6.45) is 5.52. The third-order valence-corrected chi connectivity index (χ3v) is 4.71. The molecule has 0 aromatic carbocycles. The predicted octanol–water partition coefficient (Wildman–Crippen LogP) is 3.54. The van der Waals surface area contributed by atoms with E-state index in [0.717, 1.165) is 31.6 Å². The van der Waals surface area contributed by atoms with Gasteiger partial charge in [0.1, 0.15) is 5.00 Å². The summed E-state index contributed by atoms with van der Waals surface area (Å²) in [5, 5.41) is 16.6. The van der Waals surface area contributed by atoms with Crippen molar-refractivity contribution in [1.82, 2.24) is 5.32 Å². The summed E-state index contributed by atoms with van der Waals surface area (Å²) in [5.74, 6) is -0.239. The minimum Gasteiger partial charge on any atom is -0.478 e. The number of carbonyl (C=O) groups excluding carboxylic acids is 1. The Labute approximate surface area is 122 Å². The normalized spacial score (nSPS) is 22.2. The van der Waals surface area contributed by atoms with Crippen LogP contribution in [0.1, 0.15) is 49.4 Å². The van der Waals surface area contributed by atoms with Gasteiger partial charge in [-0.1, -0.05) is 13.3 Å². The summed E-state index contributed by atoms with van der Waals surface area (Å²) in [4.78, 5) is 22.9. The number of rotatable bonds is 4. The molecule has 0 aliphatic heterocycles. The zero-order chi connectivity index (χ0) is 14.5. The van der Waals surface area contributed by atoms with Crippen molar-refractivity contribution in [2.24, 2.45) is 5.92 Å². The molecule has 1 aromatic rings. The minimum absolute atomic E-state index is 0.139. The third-order valence-electron chi connectivity index (χ3n) is 3.88. The van der Waals surface area contributed by atoms with Gasteiger partial charge in [0.2, 0.25) is 0 Å². The molecule has 20 heavy (non-hydrogen) atoms. The predicted molar refractivity (Wildman–Crippen MR) is 79.5 cm³/mol. The molecule has 1 aromatic heterocycles. The van der Waals surface area contributed by atoms with Gasteiger partial charge >= 0.3 is 12.0 Å². The first-order chi connectivity index (χ1) is 9.60. The van der Waals surface area contributed by atoms with Gasteiger partial charge in [-0.05, 0) is 43.0 Å². The fourth-order valence-electron chi connectivity index (χ4n) is 2.61. The highest BCUT2D eigenvalue weighted by Crippen LogP contribution is 2.27. The number of carbonyl (C=O) groups is 2. The number of hydrogen-bond donors (Lipinski definition) is 3. The van der Waals surface area contributed by atoms with Crippen molar-refractivity contribution < 1.29 is 14.7 Å². The molecule has 2 amide bonds. The fourth-order valence-corrected chi connectivity index (χ4v) is 3.39. The Morgan fingerprint density at radius 3 is 2.65 bits per heavy atom. The Morgan fingerprint density at radius 1 is 1.35 bits per heavy atom. The summed E-state index contributed by atoms with van der Waals surface area (Å²) >= 11 is 1.22. The molecular weight excluding hydrogens is 276 g/mol. The monoisotopic (exact) mass is 296 g/mol. The van der Waals surface area contributed by atoms with E-state index >= 15 is 0 Å². The van der Waals surface area contributed by atoms with Crippen LogP contribution < -0.4 is 10.6 Å². The van der Waals surface area contributed by atoms with Gasteiger partial charge in [-0.3, -0.25) is 5.32 Å². The maximum absolute atomic E-state index is 11.9. The molecule has 1 aliphatic rings. The van der Waals surface area contributed by atoms with Crippen molar-refractivity contribution in [3.63, 3.8) is 0 Å². The van der Waals surface area contributed by atoms with E-state index in [2.05, 4.69) is 17.6 Å². The maximum Gasteiger partial charge on any atom is 0.338 e. The average Bonchev–Trinajstić information content (AvgIpc) is 2.87. The second-order valence-corrected chi connectivity index (χ2v) is 6.11. The average molecular weight is 296 g/mol. The number of carboxylic acids is 1. The number of urea groups is 1. The Bertz CT molecular complexity index is 479. The van der Waals surface area contributed by atoms with Crippen molar-refractivity contribution in [1.29, 1.82) is 0 Å². The molecule has 0 radical (unpaired) electrons. The van der Waals surface area contributed by atoms with Crippen molar-refractivity contribution >= 4 is 28.3 Å². The molecule has 6 heteroatoms. The molecule has 0 spiro atoms. The summed E-state index contributed by atoms with van der Waals surface area (Å²) < 4.78 is 0. The number of amides is 2. The van der Waals surface area contributed by atoms with Crippen molar-refractivity contribution in [3.8, 4) is 0 Å². The third kappa shape index (κ3) is 3.72. The quantitative estimate of drug-likeness (QED) is 0.795. The molecule has 2 rings (SSSR count). The summed E-state index contributed by atoms with van der Waals surface area (Å²) in [7, 11) is 0. The first-order valence-corrected chi connectivity index (χ1v) is 7.86. The maximum atomic E-state index is 11.9. The number of carboxylic acid groups (broad SMARTS) is 1. The SMILES string of the molecule is CCC1CCC(NC(=O)Nc2sccc2C(=O)O)CC1. The molecule has 3 N–H and O–H groups in total. The van der Waals surface area contributed by atoms with E-state index in [1.165, 1.54) is 23.8 Å². The summed E-state index contributed by atoms with van der Waals surface area (Å²) in [6.45, 7) is 2.20. The van der Waals surface area contributed by atoms with E-state index in [-0.39, 0.29) is 17.6 Å². The van der Waals surface area contributed by atoms with Crippen LogP contribution in [0, 0.1) is 5.92 Å². The number of anilines is 1. The lowest BCUT2D eigenvalue weighted by molar-refractivity contribution is 0.0698. The molecule has 0 saturated heterocycles. The minimum atomic E-state index is -1.02. The fraction of sp³-hybridized carbons (Fsp3) is 0.571. The first kappa shape index (κ1) is 14.8. The highest BCUT2D eigenvalue weighted by Gasteiger charge is 2.22. The zero-order valence-corrected chi connectivity index (χ0v) is 12.3. The molecule has 1 fully saturated rings. The topological polar surface area (TPSA) is 78.4 Å². The molecule has 0 bridgehead atoms. The molecular formula is C14H20N2O3S. The second kappa shape index (κ2) is 6.74. The molecule has 110 valence electrons. The van der Waals surface area contributed by atoms with Crippen LogP contribution in [0.2, 0.25) is 0 Å². The molecule has 0 unspecified atom stereocenters. The van der Waals surface area contributed by atoms with Crippen LogP contribution >= 0.6 is 11.3 Å². The van der Waals surface area contributed by atoms with E-state index in [9.17, 15) is 9.59 Å². The lowest BCUT2D eigenvalue weighted by Gasteiger charge is -2.28. The van der Waals surface area contributed by atoms with Gasteiger partial charge in [0.25, 0.3) is 0 Å². The van der Waals surface area contributed by atoms with Gasteiger partial charge in [0.15, 0.2) is 0 Å². The van der Waals surface area contributed by atoms with Crippen molar-refractivity contribution in [2.75, 3.05) is 5.32 Å². The van der Waals surface area contributed by atoms with E-state index in [0.29, 0.717) is 5.00 Å². The highest BCUT2D eigenvalue weighted by molar-refractivity contribution is 7.14. The standard InChI is InChI=1S/C14H20N2O3S/c1-2-9-3-5-10(6-4-9)15-14(19)16-12-11(13(17)18)7-8-20-12/h7-10H,2-6H2,1H3,(H,17,18)(H2,15,16,19). The van der Waals surface area contributed by atoms with Gasteiger partial charge in [-0.25, -0.2) is 9.59 Å². The zero-order valence-electron chi connectivity index (χ0n) is 11.5. The Hall–Kier alpha value is -1.56. The summed E-state index contributed by atoms with van der Waals surface area (Å²) in [6, 6.07) is 1.38. The molecule has 1 heterocycles. The van der Waals surface area contributed by atoms with E-state index in [4.69, 9.17) is 5.11 Å². The Balaban J connectivity index is 1.84. The van der Waals surface area contributed by atoms with Crippen molar-refractivity contribution in [3.05, 3.63) is 17.0 Å². The Kier molecular flexibility index (Phi) is 5.00. The van der Waals surface area contributed by atoms with Crippen LogP contribution in [-0.4, -0.2) is 23.1 Å². The number of thiophene rings is 1. The van der Waals surface area contributed by atoms with Gasteiger partial charge in [0.05, 0.1) is 5.56 Å². The van der Waals surface area contributed by atoms with Crippen LogP contribution in [0.4, 0.5) is 9.80 Å². The smallest absolute Gasteiger partial charge is 0.338 e. The van der Waals surface area contributed by atoms with Crippen LogP contribution in [0.3, 0.4) is 0 Å². The molecule has 0 atom stereocenters. The van der Waals surface area contributed by atoms with Crippen LogP contribution in [0.15, 0.2) is 11.4 Å². The van der Waals surface area contributed by atoms with Crippen LogP contribution in [-0.2, 0) is 0 Å². The van der Waals surface area contributed by atoms with Gasteiger partial charge in [-0.2, -0.15) is 0 Å². The highest BCUT2D eigenvalue weighted by atomic mass is 32.1. The first-order valence-electron chi connectivity index (χ1n) is 6.98. The van der Waals surface area contributed by atoms with Gasteiger partial charge < -0.3 is 10.4 Å². The second-order valence-electron chi connectivity index (χ2n) is 5.19. The van der Waals surface area contributed by atoms with E-state index in [1.54, 1.807) is 5.38 Å². The lowest BCUT2D eigenvalue weighted by atomic mass is 9.85. The number of nitrogens with one attached hydrogen (secondary N) is 2. The Morgan fingerprint density at radius 2 is 2.05 bits per heavy atom. The van der Waals surface area contributed by atoms with Crippen molar-refractivity contribution in [2.45, 2.75) is 45.1 Å². The van der Waals surface area contributed by atoms with Gasteiger partial charge in [-0.15, -0.1) is 11.3 Å². The number of hydrogen-bond acceptors (Lipinski definition) is 3. The molecule has 1 aliphatic carbocycles. The van der Waals surface area contributed by atoms with Crippen LogP contribution in [0.5, 0.6) is 0 Å². The largest absolute Gasteiger partial charge is 0.478 e. The van der Waals surface area contributed by atoms with Crippen LogP contribution in [0.25, 0.3) is 0 Å². The molecule has 1 saturated carbocycles. The van der Waals surface area contributed by atoms with E-state index in [1.807, 2.05) is 0 Å².